The molecule has 5 heteroatoms. The van der Waals surface area contributed by atoms with E-state index in [1.165, 1.54) is 0 Å². The summed E-state index contributed by atoms with van der Waals surface area (Å²) >= 11 is 12.1. The van der Waals surface area contributed by atoms with Crippen LogP contribution < -0.4 is 0 Å². The van der Waals surface area contributed by atoms with Gasteiger partial charge in [-0.3, -0.25) is 9.69 Å². The van der Waals surface area contributed by atoms with Crippen molar-refractivity contribution in [1.82, 2.24) is 4.90 Å². The van der Waals surface area contributed by atoms with E-state index in [0.29, 0.717) is 29.2 Å². The molecule has 0 spiro atoms. The molecule has 20 heavy (non-hydrogen) atoms. The van der Waals surface area contributed by atoms with E-state index in [4.69, 9.17) is 27.9 Å². The monoisotopic (exact) mass is 315 g/mol. The molecule has 1 saturated heterocycles. The minimum absolute atomic E-state index is 0.0551. The van der Waals surface area contributed by atoms with Crippen LogP contribution in [0.1, 0.15) is 19.4 Å². The maximum atomic E-state index is 12.3. The van der Waals surface area contributed by atoms with Crippen LogP contribution in [-0.4, -0.2) is 42.5 Å². The molecular formula is C15H19Cl2NO2. The van der Waals surface area contributed by atoms with E-state index in [0.717, 1.165) is 12.1 Å². The van der Waals surface area contributed by atoms with Gasteiger partial charge in [-0.15, -0.1) is 0 Å². The van der Waals surface area contributed by atoms with Gasteiger partial charge in [-0.2, -0.15) is 0 Å². The normalized spacial score (nSPS) is 20.4. The summed E-state index contributed by atoms with van der Waals surface area (Å²) in [6.07, 6.45) is -0.114. The Kier molecular flexibility index (Phi) is 5.44. The van der Waals surface area contributed by atoms with Crippen LogP contribution >= 0.6 is 23.2 Å². The molecule has 0 aromatic heterocycles. The van der Waals surface area contributed by atoms with Crippen molar-refractivity contribution in [1.29, 1.82) is 0 Å². The number of morpholine rings is 1. The fourth-order valence-electron chi connectivity index (χ4n) is 2.32. The number of halogens is 2. The highest BCUT2D eigenvalue weighted by Gasteiger charge is 2.28. The van der Waals surface area contributed by atoms with Gasteiger partial charge < -0.3 is 4.74 Å². The van der Waals surface area contributed by atoms with Gasteiger partial charge in [0.1, 0.15) is 6.10 Å². The predicted octanol–water partition coefficient (Wildman–Crippen LogP) is 3.21. The van der Waals surface area contributed by atoms with Gasteiger partial charge in [-0.25, -0.2) is 0 Å². The quantitative estimate of drug-likeness (QED) is 0.854. The summed E-state index contributed by atoms with van der Waals surface area (Å²) in [4.78, 5) is 14.6. The number of carbonyl (C=O) groups excluding carboxylic acids is 1. The number of benzene rings is 1. The van der Waals surface area contributed by atoms with Crippen molar-refractivity contribution in [2.24, 2.45) is 0 Å². The molecule has 1 aromatic rings. The Labute approximate surface area is 129 Å². The Hall–Kier alpha value is -0.610. The van der Waals surface area contributed by atoms with Crippen molar-refractivity contribution in [2.75, 3.05) is 19.7 Å². The number of Topliss-reactive ketones (excluding diaryl/α,β-unsaturated/α-hetero) is 1. The third-order valence-corrected chi connectivity index (χ3v) is 4.44. The van der Waals surface area contributed by atoms with Crippen molar-refractivity contribution in [3.63, 3.8) is 0 Å². The first kappa shape index (κ1) is 15.8. The lowest BCUT2D eigenvalue weighted by Gasteiger charge is -2.34. The van der Waals surface area contributed by atoms with E-state index in [1.54, 1.807) is 12.1 Å². The topological polar surface area (TPSA) is 29.5 Å². The Bertz CT molecular complexity index is 491. The molecule has 2 rings (SSSR count). The second kappa shape index (κ2) is 6.90. The van der Waals surface area contributed by atoms with Crippen molar-refractivity contribution in [3.05, 3.63) is 33.8 Å². The summed E-state index contributed by atoms with van der Waals surface area (Å²) < 4.78 is 5.60. The summed E-state index contributed by atoms with van der Waals surface area (Å²) in [5.74, 6) is 0.0551. The van der Waals surface area contributed by atoms with Crippen molar-refractivity contribution < 1.29 is 9.53 Å². The van der Waals surface area contributed by atoms with Gasteiger partial charge >= 0.3 is 0 Å². The highest BCUT2D eigenvalue weighted by atomic mass is 35.5. The lowest BCUT2D eigenvalue weighted by Crippen LogP contribution is -2.49. The van der Waals surface area contributed by atoms with E-state index in [9.17, 15) is 4.79 Å². The fourth-order valence-corrected chi connectivity index (χ4v) is 2.71. The average Bonchev–Trinajstić information content (AvgIpc) is 2.44. The molecule has 1 fully saturated rings. The zero-order valence-electron chi connectivity index (χ0n) is 11.7. The van der Waals surface area contributed by atoms with Gasteiger partial charge in [0, 0.05) is 25.6 Å². The molecule has 0 amide bonds. The molecule has 1 aromatic carbocycles. The van der Waals surface area contributed by atoms with Gasteiger partial charge in [0.05, 0.1) is 16.7 Å². The SMILES string of the molecule is CC(C)N1CCOC(C(=O)Cc2cccc(Cl)c2Cl)C1. The molecule has 0 aliphatic carbocycles. The average molecular weight is 316 g/mol. The molecule has 3 nitrogen and oxygen atoms in total. The Morgan fingerprint density at radius 1 is 1.45 bits per heavy atom. The first-order chi connectivity index (χ1) is 9.49. The number of ketones is 1. The van der Waals surface area contributed by atoms with Crippen molar-refractivity contribution in [3.8, 4) is 0 Å². The second-order valence-electron chi connectivity index (χ2n) is 5.30. The lowest BCUT2D eigenvalue weighted by atomic mass is 10.0. The summed E-state index contributed by atoms with van der Waals surface area (Å²) in [6.45, 7) is 6.37. The van der Waals surface area contributed by atoms with Crippen LogP contribution in [0.4, 0.5) is 0 Å². The lowest BCUT2D eigenvalue weighted by molar-refractivity contribution is -0.136. The van der Waals surface area contributed by atoms with Crippen molar-refractivity contribution in [2.45, 2.75) is 32.4 Å². The summed E-state index contributed by atoms with van der Waals surface area (Å²) in [5.41, 5.74) is 0.759. The molecule has 0 radical (unpaired) electrons. The molecule has 0 N–H and O–H groups in total. The van der Waals surface area contributed by atoms with Crippen LogP contribution in [0.5, 0.6) is 0 Å². The number of carbonyl (C=O) groups is 1. The first-order valence-electron chi connectivity index (χ1n) is 6.80. The summed E-state index contributed by atoms with van der Waals surface area (Å²) in [6, 6.07) is 5.77. The number of hydrogen-bond acceptors (Lipinski definition) is 3. The van der Waals surface area contributed by atoms with Gasteiger partial charge in [-0.1, -0.05) is 35.3 Å². The third-order valence-electron chi connectivity index (χ3n) is 3.58. The zero-order valence-corrected chi connectivity index (χ0v) is 13.2. The highest BCUT2D eigenvalue weighted by Crippen LogP contribution is 2.26. The number of hydrogen-bond donors (Lipinski definition) is 0. The first-order valence-corrected chi connectivity index (χ1v) is 7.56. The molecule has 1 unspecified atom stereocenters. The standard InChI is InChI=1S/C15H19Cl2NO2/c1-10(2)18-6-7-20-14(9-18)13(19)8-11-4-3-5-12(16)15(11)17/h3-5,10,14H,6-9H2,1-2H3. The second-order valence-corrected chi connectivity index (χ2v) is 6.09. The maximum Gasteiger partial charge on any atom is 0.167 e. The smallest absolute Gasteiger partial charge is 0.167 e. The molecule has 0 saturated carbocycles. The van der Waals surface area contributed by atoms with E-state index in [2.05, 4.69) is 18.7 Å². The third kappa shape index (κ3) is 3.73. The Balaban J connectivity index is 2.03. The summed E-state index contributed by atoms with van der Waals surface area (Å²) in [5, 5.41) is 0.935. The van der Waals surface area contributed by atoms with E-state index < -0.39 is 0 Å². The number of ether oxygens (including phenoxy) is 1. The Morgan fingerprint density at radius 3 is 2.90 bits per heavy atom. The molecule has 0 bridgehead atoms. The molecule has 1 atom stereocenters. The van der Waals surface area contributed by atoms with Crippen LogP contribution in [0.15, 0.2) is 18.2 Å². The van der Waals surface area contributed by atoms with Crippen LogP contribution in [0.3, 0.4) is 0 Å². The van der Waals surface area contributed by atoms with Gasteiger partial charge in [-0.05, 0) is 25.5 Å². The van der Waals surface area contributed by atoms with Crippen molar-refractivity contribution >= 4 is 29.0 Å². The molecule has 1 heterocycles. The largest absolute Gasteiger partial charge is 0.368 e. The number of rotatable bonds is 4. The molecule has 1 aliphatic heterocycles. The van der Waals surface area contributed by atoms with Crippen LogP contribution in [-0.2, 0) is 16.0 Å². The van der Waals surface area contributed by atoms with Gasteiger partial charge in [0.25, 0.3) is 0 Å². The predicted molar refractivity (Wildman–Crippen MR) is 81.6 cm³/mol. The molecule has 1 aliphatic rings. The maximum absolute atomic E-state index is 12.3. The van der Waals surface area contributed by atoms with Gasteiger partial charge in [0.15, 0.2) is 5.78 Å². The molecule has 110 valence electrons. The van der Waals surface area contributed by atoms with Gasteiger partial charge in [0.2, 0.25) is 0 Å². The minimum atomic E-state index is -0.374. The minimum Gasteiger partial charge on any atom is -0.368 e. The number of nitrogens with zero attached hydrogens (tertiary/aromatic N) is 1. The fraction of sp³-hybridized carbons (Fsp3) is 0.533. The van der Waals surface area contributed by atoms with Crippen LogP contribution in [0.25, 0.3) is 0 Å². The van der Waals surface area contributed by atoms with Crippen LogP contribution in [0, 0.1) is 0 Å². The molecular weight excluding hydrogens is 297 g/mol. The Morgan fingerprint density at radius 2 is 2.20 bits per heavy atom. The van der Waals surface area contributed by atoms with E-state index in [-0.39, 0.29) is 18.3 Å². The highest BCUT2D eigenvalue weighted by molar-refractivity contribution is 6.42. The van der Waals surface area contributed by atoms with Crippen LogP contribution in [0.2, 0.25) is 10.0 Å². The van der Waals surface area contributed by atoms with E-state index in [1.807, 2.05) is 6.07 Å². The zero-order chi connectivity index (χ0) is 14.7. The summed E-state index contributed by atoms with van der Waals surface area (Å²) in [7, 11) is 0. The van der Waals surface area contributed by atoms with E-state index >= 15 is 0 Å².